The molecular weight excluding hydrogens is 410 g/mol. The van der Waals surface area contributed by atoms with Gasteiger partial charge in [0.25, 0.3) is 0 Å². The summed E-state index contributed by atoms with van der Waals surface area (Å²) in [5.74, 6) is 0. The molecule has 1 rings (SSSR count). The van der Waals surface area contributed by atoms with Gasteiger partial charge in [-0.25, -0.2) is 0 Å². The van der Waals surface area contributed by atoms with Crippen LogP contribution in [-0.4, -0.2) is 13.8 Å². The van der Waals surface area contributed by atoms with E-state index in [1.807, 2.05) is 13.8 Å². The summed E-state index contributed by atoms with van der Waals surface area (Å²) in [4.78, 5) is 2.35. The molecule has 0 nitrogen and oxygen atoms in total. The van der Waals surface area contributed by atoms with Gasteiger partial charge < -0.3 is 0 Å². The number of benzene rings is 1. The van der Waals surface area contributed by atoms with Crippen molar-refractivity contribution in [2.45, 2.75) is 26.7 Å². The SMILES string of the molecule is CC.C[I-]CCc1ccc(CCI)cc1. The standard InChI is InChI=1S/C11H15I2.C2H6/c1-13-9-7-11-4-2-10(3-5-11)6-8-12;1-2/h2-5H,6-9H2,1H3;1-2H3/q-1;. The van der Waals surface area contributed by atoms with Gasteiger partial charge in [-0.15, -0.1) is 0 Å². The number of hydrogen-bond donors (Lipinski definition) is 0. The van der Waals surface area contributed by atoms with Crippen LogP contribution in [0.2, 0.25) is 0 Å². The molecule has 0 bridgehead atoms. The second kappa shape index (κ2) is 11.2. The molecule has 0 fully saturated rings. The summed E-state index contributed by atoms with van der Waals surface area (Å²) in [6, 6.07) is 9.14. The summed E-state index contributed by atoms with van der Waals surface area (Å²) in [5, 5.41) is 0. The molecule has 0 aromatic heterocycles. The van der Waals surface area contributed by atoms with Crippen molar-refractivity contribution in [2.75, 3.05) is 13.8 Å². The summed E-state index contributed by atoms with van der Waals surface area (Å²) in [6.45, 7) is 4.00. The Morgan fingerprint density at radius 2 is 1.47 bits per heavy atom. The molecule has 0 aliphatic heterocycles. The Bertz CT molecular complexity index is 229. The molecule has 1 aromatic carbocycles. The molecule has 0 atom stereocenters. The Balaban J connectivity index is 0.000000921. The van der Waals surface area contributed by atoms with Crippen molar-refractivity contribution in [3.63, 3.8) is 0 Å². The van der Waals surface area contributed by atoms with Gasteiger partial charge in [0.05, 0.1) is 0 Å². The van der Waals surface area contributed by atoms with E-state index in [1.54, 1.807) is 0 Å². The normalized spacial score (nSPS) is 9.60. The summed E-state index contributed by atoms with van der Waals surface area (Å²) < 4.78 is 2.64. The maximum absolute atomic E-state index is 2.43. The molecule has 0 saturated heterocycles. The van der Waals surface area contributed by atoms with E-state index in [0.717, 1.165) is 0 Å². The van der Waals surface area contributed by atoms with E-state index in [4.69, 9.17) is 0 Å². The van der Waals surface area contributed by atoms with Crippen molar-refractivity contribution in [3.8, 4) is 0 Å². The van der Waals surface area contributed by atoms with Gasteiger partial charge >= 0.3 is 106 Å². The Morgan fingerprint density at radius 3 is 1.87 bits per heavy atom. The zero-order valence-electron chi connectivity index (χ0n) is 9.89. The quantitative estimate of drug-likeness (QED) is 0.482. The van der Waals surface area contributed by atoms with Crippen LogP contribution in [0.4, 0.5) is 0 Å². The first kappa shape index (κ1) is 15.7. The van der Waals surface area contributed by atoms with Gasteiger partial charge in [0.1, 0.15) is 0 Å². The fraction of sp³-hybridized carbons (Fsp3) is 0.538. The molecule has 15 heavy (non-hydrogen) atoms. The van der Waals surface area contributed by atoms with E-state index in [-0.39, 0.29) is 0 Å². The fourth-order valence-electron chi connectivity index (χ4n) is 1.19. The second-order valence-electron chi connectivity index (χ2n) is 2.96. The molecule has 0 heterocycles. The topological polar surface area (TPSA) is 0 Å². The molecule has 0 unspecified atom stereocenters. The maximum atomic E-state index is 2.43. The van der Waals surface area contributed by atoms with Gasteiger partial charge in [-0.3, -0.25) is 0 Å². The third-order valence-electron chi connectivity index (χ3n) is 1.98. The van der Waals surface area contributed by atoms with Crippen molar-refractivity contribution in [1.82, 2.24) is 0 Å². The second-order valence-corrected chi connectivity index (χ2v) is 6.64. The monoisotopic (exact) mass is 431 g/mol. The van der Waals surface area contributed by atoms with Crippen molar-refractivity contribution < 1.29 is 21.2 Å². The van der Waals surface area contributed by atoms with E-state index >= 15 is 0 Å². The summed E-state index contributed by atoms with van der Waals surface area (Å²) in [5.41, 5.74) is 2.99. The molecular formula is C13H21I2-. The number of hydrogen-bond acceptors (Lipinski definition) is 0. The summed E-state index contributed by atoms with van der Waals surface area (Å²) in [6.07, 6.45) is 2.50. The first-order valence-corrected chi connectivity index (χ1v) is 10.6. The number of alkyl halides is 3. The van der Waals surface area contributed by atoms with Crippen LogP contribution in [0.3, 0.4) is 0 Å². The number of halogens is 2. The predicted molar refractivity (Wildman–Crippen MR) is 74.9 cm³/mol. The molecule has 0 radical (unpaired) electrons. The Kier molecular flexibility index (Phi) is 11.7. The van der Waals surface area contributed by atoms with Crippen molar-refractivity contribution in [2.24, 2.45) is 0 Å². The van der Waals surface area contributed by atoms with Crippen molar-refractivity contribution in [3.05, 3.63) is 35.4 Å². The first-order valence-electron chi connectivity index (χ1n) is 5.44. The van der Waals surface area contributed by atoms with E-state index in [1.165, 1.54) is 32.8 Å². The average Bonchev–Trinajstić information content (AvgIpc) is 2.31. The molecule has 0 aliphatic carbocycles. The van der Waals surface area contributed by atoms with Crippen LogP contribution in [0.1, 0.15) is 25.0 Å². The van der Waals surface area contributed by atoms with Gasteiger partial charge in [-0.2, -0.15) is 0 Å². The summed E-state index contributed by atoms with van der Waals surface area (Å²) in [7, 11) is 0. The third kappa shape index (κ3) is 7.55. The van der Waals surface area contributed by atoms with Gasteiger partial charge in [0, 0.05) is 0 Å². The minimum absolute atomic E-state index is 0.465. The van der Waals surface area contributed by atoms with Crippen LogP contribution >= 0.6 is 22.6 Å². The Labute approximate surface area is 119 Å². The Morgan fingerprint density at radius 1 is 1.00 bits per heavy atom. The molecule has 88 valence electrons. The van der Waals surface area contributed by atoms with E-state index < -0.39 is 0 Å². The molecule has 1 aromatic rings. The third-order valence-corrected chi connectivity index (χ3v) is 4.14. The van der Waals surface area contributed by atoms with E-state index in [9.17, 15) is 0 Å². The molecule has 0 amide bonds. The van der Waals surface area contributed by atoms with Gasteiger partial charge in [0.15, 0.2) is 0 Å². The van der Waals surface area contributed by atoms with Crippen LogP contribution in [0.5, 0.6) is 0 Å². The summed E-state index contributed by atoms with van der Waals surface area (Å²) >= 11 is 2.89. The van der Waals surface area contributed by atoms with Gasteiger partial charge in [-0.05, 0) is 0 Å². The van der Waals surface area contributed by atoms with Crippen molar-refractivity contribution >= 4 is 22.6 Å². The fourth-order valence-corrected chi connectivity index (χ4v) is 2.97. The van der Waals surface area contributed by atoms with Crippen LogP contribution in [0.15, 0.2) is 24.3 Å². The molecule has 0 spiro atoms. The van der Waals surface area contributed by atoms with Crippen LogP contribution in [0.25, 0.3) is 0 Å². The van der Waals surface area contributed by atoms with E-state index in [2.05, 4.69) is 51.8 Å². The van der Waals surface area contributed by atoms with Crippen LogP contribution < -0.4 is 21.2 Å². The van der Waals surface area contributed by atoms with Crippen LogP contribution in [-0.2, 0) is 12.8 Å². The molecule has 0 saturated carbocycles. The predicted octanol–water partition coefficient (Wildman–Crippen LogP) is 0.952. The molecule has 2 heteroatoms. The zero-order chi connectivity index (χ0) is 11.5. The average molecular weight is 431 g/mol. The first-order chi connectivity index (χ1) is 7.36. The minimum atomic E-state index is 0.465. The van der Waals surface area contributed by atoms with Gasteiger partial charge in [0.2, 0.25) is 0 Å². The molecule has 0 aliphatic rings. The zero-order valence-corrected chi connectivity index (χ0v) is 14.2. The van der Waals surface area contributed by atoms with Crippen LogP contribution in [0, 0.1) is 0 Å². The Hall–Kier alpha value is 0.680. The molecule has 0 N–H and O–H groups in total. The van der Waals surface area contributed by atoms with Gasteiger partial charge in [-0.1, -0.05) is 13.8 Å². The number of aryl methyl sites for hydroxylation is 2. The van der Waals surface area contributed by atoms with Crippen molar-refractivity contribution in [1.29, 1.82) is 0 Å². The number of rotatable bonds is 5. The van der Waals surface area contributed by atoms with E-state index in [0.29, 0.717) is 21.2 Å².